The van der Waals surface area contributed by atoms with Crippen LogP contribution >= 0.6 is 15.9 Å². The highest BCUT2D eigenvalue weighted by Crippen LogP contribution is 2.45. The van der Waals surface area contributed by atoms with E-state index in [0.717, 1.165) is 5.56 Å². The first-order valence-corrected chi connectivity index (χ1v) is 7.44. The predicted molar refractivity (Wildman–Crippen MR) is 77.2 cm³/mol. The summed E-state index contributed by atoms with van der Waals surface area (Å²) in [6.45, 7) is 7.73. The van der Waals surface area contributed by atoms with E-state index in [2.05, 4.69) is 15.9 Å². The molecule has 0 aliphatic heterocycles. The van der Waals surface area contributed by atoms with Crippen LogP contribution in [0.3, 0.4) is 0 Å². The molecule has 0 nitrogen and oxygen atoms in total. The zero-order valence-corrected chi connectivity index (χ0v) is 13.5. The molecule has 1 aromatic carbocycles. The molecule has 20 heavy (non-hydrogen) atoms. The van der Waals surface area contributed by atoms with Crippen molar-refractivity contribution in [3.63, 3.8) is 0 Å². The minimum atomic E-state index is -4.09. The Labute approximate surface area is 125 Å². The van der Waals surface area contributed by atoms with Gasteiger partial charge in [-0.2, -0.15) is 8.78 Å². The third kappa shape index (κ3) is 3.54. The lowest BCUT2D eigenvalue weighted by molar-refractivity contribution is -0.128. The van der Waals surface area contributed by atoms with Crippen LogP contribution in [-0.2, 0) is 0 Å². The highest BCUT2D eigenvalue weighted by Gasteiger charge is 2.48. The summed E-state index contributed by atoms with van der Waals surface area (Å²) in [6, 6.07) is 5.09. The standard InChI is InChI=1S/C15H19BrF4/c1-8(2)10-5-6-11(12(7-10)9(3)4)13(16)15(19,20)14(17)18/h5-9,13-14H,1-4H3. The molecule has 114 valence electrons. The van der Waals surface area contributed by atoms with Gasteiger partial charge in [-0.1, -0.05) is 61.8 Å². The van der Waals surface area contributed by atoms with E-state index in [1.807, 2.05) is 33.8 Å². The van der Waals surface area contributed by atoms with Crippen LogP contribution in [0.1, 0.15) is 61.0 Å². The van der Waals surface area contributed by atoms with Crippen molar-refractivity contribution >= 4 is 15.9 Å². The Bertz CT molecular complexity index is 455. The molecule has 5 heteroatoms. The highest BCUT2D eigenvalue weighted by molar-refractivity contribution is 9.09. The van der Waals surface area contributed by atoms with Crippen molar-refractivity contribution in [2.24, 2.45) is 0 Å². The fourth-order valence-electron chi connectivity index (χ4n) is 2.00. The van der Waals surface area contributed by atoms with Crippen LogP contribution in [0.2, 0.25) is 0 Å². The van der Waals surface area contributed by atoms with E-state index < -0.39 is 17.2 Å². The van der Waals surface area contributed by atoms with E-state index in [4.69, 9.17) is 0 Å². The molecule has 0 aliphatic rings. The number of alkyl halides is 5. The van der Waals surface area contributed by atoms with Crippen molar-refractivity contribution in [2.75, 3.05) is 0 Å². The van der Waals surface area contributed by atoms with Gasteiger partial charge in [0.1, 0.15) is 4.83 Å². The third-order valence-electron chi connectivity index (χ3n) is 3.30. The number of halogens is 5. The Kier molecular flexibility index (Phi) is 5.64. The molecule has 1 aromatic rings. The Morgan fingerprint density at radius 1 is 0.950 bits per heavy atom. The molecule has 0 heterocycles. The summed E-state index contributed by atoms with van der Waals surface area (Å²) in [5.74, 6) is -3.86. The number of hydrogen-bond donors (Lipinski definition) is 0. The molecule has 0 saturated heterocycles. The van der Waals surface area contributed by atoms with E-state index >= 15 is 0 Å². The fourth-order valence-corrected chi connectivity index (χ4v) is 2.62. The van der Waals surface area contributed by atoms with Crippen LogP contribution in [0, 0.1) is 0 Å². The summed E-state index contributed by atoms with van der Waals surface area (Å²) in [5, 5.41) is 0. The molecule has 1 unspecified atom stereocenters. The Morgan fingerprint density at radius 3 is 1.90 bits per heavy atom. The van der Waals surface area contributed by atoms with E-state index in [1.54, 1.807) is 6.07 Å². The molecule has 1 atom stereocenters. The number of benzene rings is 1. The molecule has 0 aliphatic carbocycles. The van der Waals surface area contributed by atoms with E-state index in [1.165, 1.54) is 6.07 Å². The molecule has 0 N–H and O–H groups in total. The maximum absolute atomic E-state index is 13.5. The van der Waals surface area contributed by atoms with Crippen LogP contribution in [-0.4, -0.2) is 12.3 Å². The van der Waals surface area contributed by atoms with Crippen LogP contribution in [0.15, 0.2) is 18.2 Å². The zero-order valence-electron chi connectivity index (χ0n) is 11.9. The molecular weight excluding hydrogens is 336 g/mol. The predicted octanol–water partition coefficient (Wildman–Crippen LogP) is 6.27. The third-order valence-corrected chi connectivity index (χ3v) is 4.41. The maximum Gasteiger partial charge on any atom is 0.323 e. The average Bonchev–Trinajstić information content (AvgIpc) is 2.36. The second-order valence-corrected chi connectivity index (χ2v) is 6.45. The second-order valence-electron chi connectivity index (χ2n) is 5.54. The Morgan fingerprint density at radius 2 is 1.50 bits per heavy atom. The van der Waals surface area contributed by atoms with Crippen LogP contribution in [0.25, 0.3) is 0 Å². The van der Waals surface area contributed by atoms with Crippen molar-refractivity contribution in [2.45, 2.75) is 56.7 Å². The van der Waals surface area contributed by atoms with Crippen LogP contribution in [0.4, 0.5) is 17.6 Å². The van der Waals surface area contributed by atoms with Gasteiger partial charge >= 0.3 is 12.3 Å². The average molecular weight is 355 g/mol. The topological polar surface area (TPSA) is 0 Å². The number of hydrogen-bond acceptors (Lipinski definition) is 0. The molecule has 0 fully saturated rings. The van der Waals surface area contributed by atoms with Gasteiger partial charge < -0.3 is 0 Å². The van der Waals surface area contributed by atoms with E-state index in [0.29, 0.717) is 5.56 Å². The molecule has 0 amide bonds. The molecule has 0 saturated carbocycles. The van der Waals surface area contributed by atoms with Crippen LogP contribution in [0.5, 0.6) is 0 Å². The van der Waals surface area contributed by atoms with Gasteiger partial charge in [0.15, 0.2) is 0 Å². The SMILES string of the molecule is CC(C)c1ccc(C(Br)C(F)(F)C(F)F)c(C(C)C)c1. The first kappa shape index (κ1) is 17.5. The lowest BCUT2D eigenvalue weighted by Gasteiger charge is -2.25. The zero-order chi connectivity index (χ0) is 15.7. The molecule has 0 spiro atoms. The minimum absolute atomic E-state index is 0.0165. The first-order chi connectivity index (χ1) is 9.09. The van der Waals surface area contributed by atoms with Crippen molar-refractivity contribution in [1.29, 1.82) is 0 Å². The van der Waals surface area contributed by atoms with Gasteiger partial charge in [-0.05, 0) is 28.5 Å². The van der Waals surface area contributed by atoms with Crippen LogP contribution < -0.4 is 0 Å². The van der Waals surface area contributed by atoms with Gasteiger partial charge in [0.2, 0.25) is 0 Å². The lowest BCUT2D eigenvalue weighted by atomic mass is 9.89. The Hall–Kier alpha value is -0.580. The summed E-state index contributed by atoms with van der Waals surface area (Å²) in [4.78, 5) is -1.69. The fraction of sp³-hybridized carbons (Fsp3) is 0.600. The molecular formula is C15H19BrF4. The molecule has 0 radical (unpaired) electrons. The summed E-state index contributed by atoms with van der Waals surface area (Å²) in [6.07, 6.45) is -3.70. The summed E-state index contributed by atoms with van der Waals surface area (Å²) in [5.41, 5.74) is 1.92. The van der Waals surface area contributed by atoms with E-state index in [9.17, 15) is 17.6 Å². The van der Waals surface area contributed by atoms with Gasteiger partial charge in [-0.15, -0.1) is 0 Å². The van der Waals surface area contributed by atoms with Crippen molar-refractivity contribution < 1.29 is 17.6 Å². The molecule has 0 bridgehead atoms. The quantitative estimate of drug-likeness (QED) is 0.431. The second kappa shape index (κ2) is 6.46. The van der Waals surface area contributed by atoms with Gasteiger partial charge in [-0.3, -0.25) is 0 Å². The minimum Gasteiger partial charge on any atom is -0.204 e. The number of rotatable bonds is 5. The summed E-state index contributed by atoms with van der Waals surface area (Å²) >= 11 is 2.76. The molecule has 0 aromatic heterocycles. The lowest BCUT2D eigenvalue weighted by Crippen LogP contribution is -2.32. The summed E-state index contributed by atoms with van der Waals surface area (Å²) < 4.78 is 52.1. The summed E-state index contributed by atoms with van der Waals surface area (Å²) in [7, 11) is 0. The van der Waals surface area contributed by atoms with Gasteiger partial charge in [0.25, 0.3) is 0 Å². The van der Waals surface area contributed by atoms with Crippen molar-refractivity contribution in [1.82, 2.24) is 0 Å². The smallest absolute Gasteiger partial charge is 0.204 e. The largest absolute Gasteiger partial charge is 0.323 e. The van der Waals surface area contributed by atoms with Gasteiger partial charge in [-0.25, -0.2) is 8.78 Å². The maximum atomic E-state index is 13.5. The van der Waals surface area contributed by atoms with Crippen molar-refractivity contribution in [3.8, 4) is 0 Å². The highest BCUT2D eigenvalue weighted by atomic mass is 79.9. The normalized spacial score (nSPS) is 14.4. The van der Waals surface area contributed by atoms with Gasteiger partial charge in [0, 0.05) is 0 Å². The van der Waals surface area contributed by atoms with Crippen molar-refractivity contribution in [3.05, 3.63) is 34.9 Å². The van der Waals surface area contributed by atoms with Gasteiger partial charge in [0.05, 0.1) is 0 Å². The monoisotopic (exact) mass is 354 g/mol. The first-order valence-electron chi connectivity index (χ1n) is 6.52. The molecule has 1 rings (SSSR count). The van der Waals surface area contributed by atoms with E-state index in [-0.39, 0.29) is 17.4 Å². The Balaban J connectivity index is 3.31.